The summed E-state index contributed by atoms with van der Waals surface area (Å²) >= 11 is 1.58. The van der Waals surface area contributed by atoms with E-state index >= 15 is 0 Å². The summed E-state index contributed by atoms with van der Waals surface area (Å²) in [6.45, 7) is 0. The fourth-order valence-electron chi connectivity index (χ4n) is 2.30. The number of thiazole rings is 1. The van der Waals surface area contributed by atoms with Crippen LogP contribution in [-0.2, 0) is 6.42 Å². The molecule has 2 aromatic carbocycles. The van der Waals surface area contributed by atoms with Crippen LogP contribution < -0.4 is 14.8 Å². The molecule has 24 heavy (non-hydrogen) atoms. The van der Waals surface area contributed by atoms with E-state index in [0.717, 1.165) is 34.4 Å². The van der Waals surface area contributed by atoms with E-state index in [1.54, 1.807) is 25.6 Å². The molecule has 0 unspecified atom stereocenters. The van der Waals surface area contributed by atoms with Crippen molar-refractivity contribution in [3.63, 3.8) is 0 Å². The van der Waals surface area contributed by atoms with E-state index in [1.165, 1.54) is 5.56 Å². The summed E-state index contributed by atoms with van der Waals surface area (Å²) in [5.41, 5.74) is 3.12. The van der Waals surface area contributed by atoms with Gasteiger partial charge >= 0.3 is 0 Å². The lowest BCUT2D eigenvalue weighted by molar-refractivity contribution is 0.414. The average Bonchev–Trinajstić information content (AvgIpc) is 3.02. The fourth-order valence-corrected chi connectivity index (χ4v) is 3.02. The molecule has 0 saturated carbocycles. The van der Waals surface area contributed by atoms with E-state index in [9.17, 15) is 0 Å². The molecule has 126 valence electrons. The van der Waals surface area contributed by atoms with Crippen molar-refractivity contribution in [1.29, 1.82) is 0 Å². The Labute approximate surface area is 151 Å². The Morgan fingerprint density at radius 2 is 1.88 bits per heavy atom. The van der Waals surface area contributed by atoms with Crippen molar-refractivity contribution in [1.82, 2.24) is 4.98 Å². The molecule has 6 heteroatoms. The highest BCUT2D eigenvalue weighted by Crippen LogP contribution is 2.29. The molecule has 0 aliphatic heterocycles. The summed E-state index contributed by atoms with van der Waals surface area (Å²) in [4.78, 5) is 4.64. The normalized spacial score (nSPS) is 9.92. The maximum Gasteiger partial charge on any atom is 0.187 e. The molecule has 0 radical (unpaired) electrons. The summed E-state index contributed by atoms with van der Waals surface area (Å²) in [5, 5.41) is 6.23. The molecule has 0 fully saturated rings. The standard InChI is InChI=1S/C18H18N2O2S.ClH/c1-21-15-7-5-6-13(11-15)10-14-12-23-18(19-14)20-16-8-3-4-9-17(16)22-2;/h3-9,11-12H,10H2,1-2H3,(H,19,20);1H. The highest BCUT2D eigenvalue weighted by Gasteiger charge is 2.07. The van der Waals surface area contributed by atoms with Crippen LogP contribution >= 0.6 is 23.7 Å². The third-order valence-corrected chi connectivity index (χ3v) is 4.23. The molecule has 1 aromatic heterocycles. The molecule has 0 amide bonds. The largest absolute Gasteiger partial charge is 0.497 e. The zero-order valence-corrected chi connectivity index (χ0v) is 15.1. The maximum absolute atomic E-state index is 5.35. The molecule has 1 heterocycles. The molecule has 0 spiro atoms. The second-order valence-corrected chi connectivity index (χ2v) is 5.86. The maximum atomic E-state index is 5.35. The number of anilines is 2. The van der Waals surface area contributed by atoms with Crippen LogP contribution in [0.15, 0.2) is 53.9 Å². The molecule has 3 aromatic rings. The van der Waals surface area contributed by atoms with E-state index < -0.39 is 0 Å². The van der Waals surface area contributed by atoms with Gasteiger partial charge in [0, 0.05) is 11.8 Å². The van der Waals surface area contributed by atoms with Crippen LogP contribution in [0.1, 0.15) is 11.3 Å². The van der Waals surface area contributed by atoms with Gasteiger partial charge in [-0.2, -0.15) is 0 Å². The van der Waals surface area contributed by atoms with Crippen LogP contribution in [0.3, 0.4) is 0 Å². The van der Waals surface area contributed by atoms with Gasteiger partial charge < -0.3 is 14.8 Å². The minimum absolute atomic E-state index is 0. The molecule has 0 bridgehead atoms. The van der Waals surface area contributed by atoms with Gasteiger partial charge in [0.25, 0.3) is 0 Å². The number of aromatic nitrogens is 1. The highest BCUT2D eigenvalue weighted by molar-refractivity contribution is 7.13. The molecule has 0 aliphatic carbocycles. The number of halogens is 1. The third-order valence-electron chi connectivity index (χ3n) is 3.42. The van der Waals surface area contributed by atoms with Crippen LogP contribution in [-0.4, -0.2) is 19.2 Å². The van der Waals surface area contributed by atoms with Gasteiger partial charge in [-0.3, -0.25) is 0 Å². The number of benzene rings is 2. The molecule has 0 atom stereocenters. The minimum atomic E-state index is 0. The lowest BCUT2D eigenvalue weighted by atomic mass is 10.1. The van der Waals surface area contributed by atoms with E-state index in [0.29, 0.717) is 0 Å². The van der Waals surface area contributed by atoms with E-state index in [1.807, 2.05) is 42.5 Å². The zero-order chi connectivity index (χ0) is 16.1. The quantitative estimate of drug-likeness (QED) is 0.676. The summed E-state index contributed by atoms with van der Waals surface area (Å²) in [5.74, 6) is 1.67. The minimum Gasteiger partial charge on any atom is -0.497 e. The van der Waals surface area contributed by atoms with Crippen molar-refractivity contribution in [2.75, 3.05) is 19.5 Å². The Morgan fingerprint density at radius 1 is 1.04 bits per heavy atom. The van der Waals surface area contributed by atoms with Crippen LogP contribution in [0.2, 0.25) is 0 Å². The van der Waals surface area contributed by atoms with Crippen molar-refractivity contribution in [2.45, 2.75) is 6.42 Å². The van der Waals surface area contributed by atoms with Crippen molar-refractivity contribution in [3.8, 4) is 11.5 Å². The first-order chi connectivity index (χ1) is 11.3. The van der Waals surface area contributed by atoms with Crippen LogP contribution in [0, 0.1) is 0 Å². The Hall–Kier alpha value is -2.24. The van der Waals surface area contributed by atoms with Crippen LogP contribution in [0.4, 0.5) is 10.8 Å². The SMILES string of the molecule is COc1cccc(Cc2csc(Nc3ccccc3OC)n2)c1.Cl. The van der Waals surface area contributed by atoms with Gasteiger partial charge in [-0.05, 0) is 29.8 Å². The van der Waals surface area contributed by atoms with E-state index in [-0.39, 0.29) is 12.4 Å². The topological polar surface area (TPSA) is 43.4 Å². The first kappa shape index (κ1) is 18.1. The number of hydrogen-bond donors (Lipinski definition) is 1. The van der Waals surface area contributed by atoms with E-state index in [2.05, 4.69) is 21.7 Å². The van der Waals surface area contributed by atoms with Crippen molar-refractivity contribution >= 4 is 34.6 Å². The number of nitrogens with one attached hydrogen (secondary N) is 1. The Morgan fingerprint density at radius 3 is 2.67 bits per heavy atom. The Balaban J connectivity index is 0.00000208. The Kier molecular flexibility index (Phi) is 6.46. The van der Waals surface area contributed by atoms with Gasteiger partial charge in [-0.15, -0.1) is 23.7 Å². The van der Waals surface area contributed by atoms with Crippen LogP contribution in [0.5, 0.6) is 11.5 Å². The van der Waals surface area contributed by atoms with Gasteiger partial charge in [0.05, 0.1) is 25.6 Å². The van der Waals surface area contributed by atoms with Gasteiger partial charge in [0.2, 0.25) is 0 Å². The van der Waals surface area contributed by atoms with Gasteiger partial charge in [-0.1, -0.05) is 24.3 Å². The predicted octanol–water partition coefficient (Wildman–Crippen LogP) is 4.92. The van der Waals surface area contributed by atoms with Crippen molar-refractivity contribution in [3.05, 3.63) is 65.2 Å². The van der Waals surface area contributed by atoms with Crippen LogP contribution in [0.25, 0.3) is 0 Å². The lowest BCUT2D eigenvalue weighted by Crippen LogP contribution is -1.95. The van der Waals surface area contributed by atoms with E-state index in [4.69, 9.17) is 9.47 Å². The van der Waals surface area contributed by atoms with Gasteiger partial charge in [-0.25, -0.2) is 4.98 Å². The number of nitrogens with zero attached hydrogens (tertiary/aromatic N) is 1. The lowest BCUT2D eigenvalue weighted by Gasteiger charge is -2.08. The zero-order valence-electron chi connectivity index (χ0n) is 13.5. The number of hydrogen-bond acceptors (Lipinski definition) is 5. The molecular weight excluding hydrogens is 344 g/mol. The second-order valence-electron chi connectivity index (χ2n) is 5.00. The summed E-state index contributed by atoms with van der Waals surface area (Å²) in [6, 6.07) is 15.9. The fraction of sp³-hybridized carbons (Fsp3) is 0.167. The number of rotatable bonds is 6. The number of ether oxygens (including phenoxy) is 2. The predicted molar refractivity (Wildman–Crippen MR) is 101 cm³/mol. The molecule has 3 rings (SSSR count). The molecule has 0 aliphatic rings. The second kappa shape index (κ2) is 8.57. The van der Waals surface area contributed by atoms with Crippen molar-refractivity contribution in [2.24, 2.45) is 0 Å². The monoisotopic (exact) mass is 362 g/mol. The first-order valence-corrected chi connectivity index (χ1v) is 8.14. The summed E-state index contributed by atoms with van der Waals surface area (Å²) < 4.78 is 10.6. The number of para-hydroxylation sites is 2. The smallest absolute Gasteiger partial charge is 0.187 e. The molecule has 4 nitrogen and oxygen atoms in total. The Bertz CT molecular complexity index is 792. The highest BCUT2D eigenvalue weighted by atomic mass is 35.5. The number of methoxy groups -OCH3 is 2. The molecule has 1 N–H and O–H groups in total. The van der Waals surface area contributed by atoms with Gasteiger partial charge in [0.15, 0.2) is 5.13 Å². The average molecular weight is 363 g/mol. The van der Waals surface area contributed by atoms with Gasteiger partial charge in [0.1, 0.15) is 11.5 Å². The first-order valence-electron chi connectivity index (χ1n) is 7.26. The third kappa shape index (κ3) is 4.40. The molecular formula is C18H19ClN2O2S. The summed E-state index contributed by atoms with van der Waals surface area (Å²) in [6.07, 6.45) is 0.779. The van der Waals surface area contributed by atoms with Crippen molar-refractivity contribution < 1.29 is 9.47 Å². The summed E-state index contributed by atoms with van der Waals surface area (Å²) in [7, 11) is 3.34. The molecule has 0 saturated heterocycles.